The topological polar surface area (TPSA) is 51.1 Å². The fraction of sp³-hybridized carbons (Fsp3) is 0.182. The van der Waals surface area contributed by atoms with Crippen LogP contribution in [0.25, 0.3) is 0 Å². The normalized spacial score (nSPS) is 16.0. The molecule has 0 bridgehead atoms. The van der Waals surface area contributed by atoms with Gasteiger partial charge in [0.2, 0.25) is 0 Å². The summed E-state index contributed by atoms with van der Waals surface area (Å²) in [5.41, 5.74) is 2.90. The number of thiophene rings is 1. The van der Waals surface area contributed by atoms with Crippen LogP contribution in [0, 0.1) is 0 Å². The summed E-state index contributed by atoms with van der Waals surface area (Å²) in [5, 5.41) is 8.21. The number of ether oxygens (including phenoxy) is 2. The second-order valence-electron chi connectivity index (χ2n) is 6.40. The van der Waals surface area contributed by atoms with Crippen molar-refractivity contribution in [2.75, 3.05) is 14.2 Å². The maximum absolute atomic E-state index is 13.1. The van der Waals surface area contributed by atoms with E-state index in [0.29, 0.717) is 11.3 Å². The van der Waals surface area contributed by atoms with E-state index in [4.69, 9.17) is 14.6 Å². The van der Waals surface area contributed by atoms with Crippen LogP contribution in [0.1, 0.15) is 33.3 Å². The van der Waals surface area contributed by atoms with Crippen molar-refractivity contribution < 1.29 is 14.3 Å². The lowest BCUT2D eigenvalue weighted by atomic mass is 9.98. The van der Waals surface area contributed by atoms with Gasteiger partial charge in [-0.1, -0.05) is 18.2 Å². The molecule has 1 atom stereocenters. The van der Waals surface area contributed by atoms with Crippen LogP contribution in [0.15, 0.2) is 71.1 Å². The van der Waals surface area contributed by atoms with Crippen LogP contribution in [0.3, 0.4) is 0 Å². The lowest BCUT2D eigenvalue weighted by molar-refractivity contribution is 0.0716. The van der Waals surface area contributed by atoms with Gasteiger partial charge >= 0.3 is 0 Å². The quantitative estimate of drug-likeness (QED) is 0.629. The molecule has 2 aromatic carbocycles. The van der Waals surface area contributed by atoms with E-state index >= 15 is 0 Å². The number of hydrogen-bond donors (Lipinski definition) is 0. The molecule has 4 rings (SSSR count). The Morgan fingerprint density at radius 1 is 1.00 bits per heavy atom. The summed E-state index contributed by atoms with van der Waals surface area (Å²) in [6.07, 6.45) is 0.649. The number of carbonyl (C=O) groups is 1. The molecule has 6 heteroatoms. The summed E-state index contributed by atoms with van der Waals surface area (Å²) < 4.78 is 10.5. The third-order valence-corrected chi connectivity index (χ3v) is 5.63. The van der Waals surface area contributed by atoms with E-state index in [9.17, 15) is 4.79 Å². The van der Waals surface area contributed by atoms with Crippen molar-refractivity contribution in [1.82, 2.24) is 5.01 Å². The fourth-order valence-corrected chi connectivity index (χ4v) is 3.91. The van der Waals surface area contributed by atoms with Gasteiger partial charge in [0.1, 0.15) is 11.5 Å². The SMILES string of the molecule is COc1ccc(C2=NN(C(=O)c3cccs3)[C@H](c3ccc(OC)cc3)C2)cc1. The van der Waals surface area contributed by atoms with Crippen molar-refractivity contribution in [3.05, 3.63) is 82.0 Å². The van der Waals surface area contributed by atoms with Crippen molar-refractivity contribution >= 4 is 23.0 Å². The van der Waals surface area contributed by atoms with E-state index in [1.165, 1.54) is 11.3 Å². The van der Waals surface area contributed by atoms with Crippen LogP contribution in [0.2, 0.25) is 0 Å². The molecule has 0 N–H and O–H groups in total. The minimum Gasteiger partial charge on any atom is -0.497 e. The number of hydrazone groups is 1. The average molecular weight is 392 g/mol. The highest BCUT2D eigenvalue weighted by molar-refractivity contribution is 7.12. The van der Waals surface area contributed by atoms with Gasteiger partial charge in [0.15, 0.2) is 0 Å². The monoisotopic (exact) mass is 392 g/mol. The Morgan fingerprint density at radius 3 is 2.21 bits per heavy atom. The molecule has 1 aromatic heterocycles. The summed E-state index contributed by atoms with van der Waals surface area (Å²) in [6, 6.07) is 19.1. The maximum Gasteiger partial charge on any atom is 0.284 e. The first kappa shape index (κ1) is 18.3. The minimum absolute atomic E-state index is 0.0840. The first-order chi connectivity index (χ1) is 13.7. The standard InChI is InChI=1S/C22H20N2O3S/c1-26-17-9-5-15(6-10-17)19-14-20(16-7-11-18(27-2)12-8-16)24(23-19)22(25)21-4-3-13-28-21/h3-13,20H,14H2,1-2H3/t20-/m0/s1. The zero-order valence-electron chi connectivity index (χ0n) is 15.7. The predicted molar refractivity (Wildman–Crippen MR) is 110 cm³/mol. The third kappa shape index (κ3) is 3.51. The van der Waals surface area contributed by atoms with Crippen molar-refractivity contribution in [1.29, 1.82) is 0 Å². The predicted octanol–water partition coefficient (Wildman–Crippen LogP) is 4.76. The van der Waals surface area contributed by atoms with Crippen molar-refractivity contribution in [3.63, 3.8) is 0 Å². The zero-order valence-corrected chi connectivity index (χ0v) is 16.5. The Bertz CT molecular complexity index is 980. The minimum atomic E-state index is -0.155. The van der Waals surface area contributed by atoms with Crippen LogP contribution in [-0.4, -0.2) is 30.8 Å². The van der Waals surface area contributed by atoms with E-state index in [0.717, 1.165) is 28.3 Å². The van der Waals surface area contributed by atoms with Gasteiger partial charge in [-0.05, 0) is 59.0 Å². The first-order valence-corrected chi connectivity index (χ1v) is 9.80. The molecule has 0 saturated carbocycles. The Hall–Kier alpha value is -3.12. The van der Waals surface area contributed by atoms with Gasteiger partial charge in [-0.25, -0.2) is 5.01 Å². The molecule has 28 heavy (non-hydrogen) atoms. The molecule has 3 aromatic rings. The Balaban J connectivity index is 1.68. The molecule has 1 amide bonds. The van der Waals surface area contributed by atoms with Gasteiger partial charge in [-0.2, -0.15) is 5.10 Å². The summed E-state index contributed by atoms with van der Waals surface area (Å²) in [4.78, 5) is 13.8. The molecule has 0 saturated heterocycles. The highest BCUT2D eigenvalue weighted by Crippen LogP contribution is 2.35. The molecule has 142 valence electrons. The van der Waals surface area contributed by atoms with E-state index in [1.807, 2.05) is 66.0 Å². The van der Waals surface area contributed by atoms with Crippen LogP contribution < -0.4 is 9.47 Å². The molecule has 0 unspecified atom stereocenters. The van der Waals surface area contributed by atoms with E-state index in [-0.39, 0.29) is 11.9 Å². The summed E-state index contributed by atoms with van der Waals surface area (Å²) >= 11 is 1.43. The van der Waals surface area contributed by atoms with Crippen molar-refractivity contribution in [2.24, 2.45) is 5.10 Å². The number of methoxy groups -OCH3 is 2. The molecule has 5 nitrogen and oxygen atoms in total. The highest BCUT2D eigenvalue weighted by Gasteiger charge is 2.34. The Morgan fingerprint density at radius 2 is 1.64 bits per heavy atom. The molecular weight excluding hydrogens is 372 g/mol. The molecule has 2 heterocycles. The Labute approximate surface area is 167 Å². The zero-order chi connectivity index (χ0) is 19.5. The number of amides is 1. The maximum atomic E-state index is 13.1. The molecule has 0 fully saturated rings. The Kier molecular flexibility index (Phi) is 5.12. The van der Waals surface area contributed by atoms with Crippen molar-refractivity contribution in [3.8, 4) is 11.5 Å². The fourth-order valence-electron chi connectivity index (χ4n) is 3.25. The number of carbonyl (C=O) groups excluding carboxylic acids is 1. The van der Waals surface area contributed by atoms with Gasteiger partial charge < -0.3 is 9.47 Å². The molecule has 0 radical (unpaired) electrons. The molecule has 0 aliphatic carbocycles. The summed E-state index contributed by atoms with van der Waals surface area (Å²) in [6.45, 7) is 0. The number of nitrogens with zero attached hydrogens (tertiary/aromatic N) is 2. The second kappa shape index (κ2) is 7.86. The highest BCUT2D eigenvalue weighted by atomic mass is 32.1. The smallest absolute Gasteiger partial charge is 0.284 e. The number of benzene rings is 2. The summed E-state index contributed by atoms with van der Waals surface area (Å²) in [5.74, 6) is 1.49. The van der Waals surface area contributed by atoms with Crippen LogP contribution >= 0.6 is 11.3 Å². The van der Waals surface area contributed by atoms with Gasteiger partial charge in [0, 0.05) is 6.42 Å². The van der Waals surface area contributed by atoms with Crippen LogP contribution in [0.5, 0.6) is 11.5 Å². The molecule has 1 aliphatic heterocycles. The van der Waals surface area contributed by atoms with Gasteiger partial charge in [-0.3, -0.25) is 4.79 Å². The van der Waals surface area contributed by atoms with Gasteiger partial charge in [0.05, 0.1) is 30.9 Å². The first-order valence-electron chi connectivity index (χ1n) is 8.92. The lowest BCUT2D eigenvalue weighted by Crippen LogP contribution is -2.26. The van der Waals surface area contributed by atoms with Gasteiger partial charge in [0.25, 0.3) is 5.91 Å². The van der Waals surface area contributed by atoms with E-state index < -0.39 is 0 Å². The number of rotatable bonds is 5. The van der Waals surface area contributed by atoms with Crippen LogP contribution in [0.4, 0.5) is 0 Å². The molecule has 0 spiro atoms. The van der Waals surface area contributed by atoms with Crippen LogP contribution in [-0.2, 0) is 0 Å². The second-order valence-corrected chi connectivity index (χ2v) is 7.34. The molecule has 1 aliphatic rings. The van der Waals surface area contributed by atoms with Crippen molar-refractivity contribution in [2.45, 2.75) is 12.5 Å². The third-order valence-electron chi connectivity index (χ3n) is 4.77. The molecular formula is C22H20N2O3S. The van der Waals surface area contributed by atoms with E-state index in [1.54, 1.807) is 19.2 Å². The summed E-state index contributed by atoms with van der Waals surface area (Å²) in [7, 11) is 3.28. The lowest BCUT2D eigenvalue weighted by Gasteiger charge is -2.21. The average Bonchev–Trinajstić information content (AvgIpc) is 3.44. The van der Waals surface area contributed by atoms with E-state index in [2.05, 4.69) is 0 Å². The van der Waals surface area contributed by atoms with Gasteiger partial charge in [-0.15, -0.1) is 11.3 Å². The largest absolute Gasteiger partial charge is 0.497 e. The number of hydrogen-bond acceptors (Lipinski definition) is 5.